The Hall–Kier alpha value is -1.67. The molecule has 0 fully saturated rings. The summed E-state index contributed by atoms with van der Waals surface area (Å²) in [4.78, 5) is 10.3. The van der Waals surface area contributed by atoms with E-state index in [1.807, 2.05) is 0 Å². The highest BCUT2D eigenvalue weighted by Crippen LogP contribution is 2.33. The summed E-state index contributed by atoms with van der Waals surface area (Å²) in [7, 11) is -2.39. The second-order valence-electron chi connectivity index (χ2n) is 4.46. The van der Waals surface area contributed by atoms with Gasteiger partial charge in [-0.1, -0.05) is 13.0 Å². The molecule has 0 unspecified atom stereocenters. The summed E-state index contributed by atoms with van der Waals surface area (Å²) >= 11 is 0. The van der Waals surface area contributed by atoms with Gasteiger partial charge in [0.15, 0.2) is 4.90 Å². The van der Waals surface area contributed by atoms with Crippen molar-refractivity contribution in [1.29, 1.82) is 0 Å². The van der Waals surface area contributed by atoms with Gasteiger partial charge in [0, 0.05) is 19.6 Å². The molecule has 0 saturated carbocycles. The fourth-order valence-electron chi connectivity index (χ4n) is 2.06. The molecule has 0 saturated heterocycles. The van der Waals surface area contributed by atoms with Crippen LogP contribution in [0, 0.1) is 10.1 Å². The molecule has 0 aliphatic carbocycles. The number of hydrogen-bond acceptors (Lipinski definition) is 5. The summed E-state index contributed by atoms with van der Waals surface area (Å²) in [5.41, 5.74) is -0.245. The minimum absolute atomic E-state index is 0.177. The van der Waals surface area contributed by atoms with E-state index in [9.17, 15) is 18.5 Å². The highest BCUT2D eigenvalue weighted by molar-refractivity contribution is 7.89. The van der Waals surface area contributed by atoms with Crippen molar-refractivity contribution in [2.24, 2.45) is 0 Å². The van der Waals surface area contributed by atoms with Crippen molar-refractivity contribution in [3.8, 4) is 0 Å². The Balaban J connectivity index is 3.57. The Kier molecular flexibility index (Phi) is 5.07. The molecule has 0 heterocycles. The minimum Gasteiger partial charge on any atom is -0.383 e. The molecule has 0 atom stereocenters. The average Bonchev–Trinajstić information content (AvgIpc) is 2.37. The molecule has 8 heteroatoms. The van der Waals surface area contributed by atoms with Crippen molar-refractivity contribution >= 4 is 21.4 Å². The average molecular weight is 301 g/mol. The van der Waals surface area contributed by atoms with Crippen molar-refractivity contribution in [3.63, 3.8) is 0 Å². The third kappa shape index (κ3) is 2.91. The maximum Gasteiger partial charge on any atom is 0.312 e. The standard InChI is InChI=1S/C12H19N3O4S/c1-5-14(9(2)3)20(18,19)11-8-6-7-10(13-4)12(11)15(16)17/h6-9,13H,5H2,1-4H3. The fourth-order valence-corrected chi connectivity index (χ4v) is 3.89. The van der Waals surface area contributed by atoms with Gasteiger partial charge < -0.3 is 5.32 Å². The minimum atomic E-state index is -3.91. The van der Waals surface area contributed by atoms with Crippen LogP contribution in [0.15, 0.2) is 23.1 Å². The van der Waals surface area contributed by atoms with Gasteiger partial charge in [-0.15, -0.1) is 0 Å². The molecule has 0 spiro atoms. The Labute approximate surface area is 118 Å². The van der Waals surface area contributed by atoms with E-state index in [0.29, 0.717) is 0 Å². The van der Waals surface area contributed by atoms with Crippen molar-refractivity contribution in [2.75, 3.05) is 18.9 Å². The Morgan fingerprint density at radius 2 is 2.00 bits per heavy atom. The normalized spacial score (nSPS) is 11.9. The van der Waals surface area contributed by atoms with Gasteiger partial charge in [-0.3, -0.25) is 10.1 Å². The van der Waals surface area contributed by atoms with E-state index in [0.717, 1.165) is 0 Å². The van der Waals surface area contributed by atoms with Gasteiger partial charge in [0.25, 0.3) is 0 Å². The molecule has 112 valence electrons. The first-order valence-corrected chi connectivity index (χ1v) is 7.68. The summed E-state index contributed by atoms with van der Waals surface area (Å²) < 4.78 is 26.4. The van der Waals surface area contributed by atoms with Gasteiger partial charge in [-0.2, -0.15) is 4.31 Å². The summed E-state index contributed by atoms with van der Waals surface area (Å²) in [6.45, 7) is 5.41. The molecule has 20 heavy (non-hydrogen) atoms. The number of para-hydroxylation sites is 1. The SMILES string of the molecule is CCN(C(C)C)S(=O)(=O)c1cccc(NC)c1[N+](=O)[O-]. The predicted molar refractivity (Wildman–Crippen MR) is 77.3 cm³/mol. The topological polar surface area (TPSA) is 92.6 Å². The number of nitrogens with one attached hydrogen (secondary N) is 1. The van der Waals surface area contributed by atoms with Gasteiger partial charge in [0.05, 0.1) is 4.92 Å². The molecule has 1 aromatic carbocycles. The molecule has 1 aromatic rings. The summed E-state index contributed by atoms with van der Waals surface area (Å²) in [5.74, 6) is 0. The van der Waals surface area contributed by atoms with Crippen LogP contribution in [-0.2, 0) is 10.0 Å². The van der Waals surface area contributed by atoms with E-state index < -0.39 is 20.6 Å². The molecule has 0 bridgehead atoms. The number of benzene rings is 1. The predicted octanol–water partition coefficient (Wildman–Crippen LogP) is 2.06. The number of sulfonamides is 1. The van der Waals surface area contributed by atoms with E-state index in [2.05, 4.69) is 5.32 Å². The number of anilines is 1. The molecule has 7 nitrogen and oxygen atoms in total. The highest BCUT2D eigenvalue weighted by atomic mass is 32.2. The van der Waals surface area contributed by atoms with Gasteiger partial charge >= 0.3 is 5.69 Å². The fraction of sp³-hybridized carbons (Fsp3) is 0.500. The Morgan fingerprint density at radius 1 is 1.40 bits per heavy atom. The second kappa shape index (κ2) is 6.19. The molecule has 0 aromatic heterocycles. The lowest BCUT2D eigenvalue weighted by atomic mass is 10.3. The number of nitro benzene ring substituents is 1. The van der Waals surface area contributed by atoms with Crippen LogP contribution in [0.4, 0.5) is 11.4 Å². The Bertz CT molecular complexity index is 599. The first-order chi connectivity index (χ1) is 9.27. The van der Waals surface area contributed by atoms with E-state index in [1.165, 1.54) is 29.6 Å². The highest BCUT2D eigenvalue weighted by Gasteiger charge is 2.33. The summed E-state index contributed by atoms with van der Waals surface area (Å²) in [6.07, 6.45) is 0. The number of hydrogen-bond donors (Lipinski definition) is 1. The van der Waals surface area contributed by atoms with Crippen LogP contribution in [0.3, 0.4) is 0 Å². The largest absolute Gasteiger partial charge is 0.383 e. The molecule has 1 N–H and O–H groups in total. The van der Waals surface area contributed by atoms with E-state index in [4.69, 9.17) is 0 Å². The van der Waals surface area contributed by atoms with Crippen LogP contribution in [0.25, 0.3) is 0 Å². The van der Waals surface area contributed by atoms with Crippen LogP contribution < -0.4 is 5.32 Å². The van der Waals surface area contributed by atoms with Gasteiger partial charge in [0.1, 0.15) is 5.69 Å². The lowest BCUT2D eigenvalue weighted by molar-refractivity contribution is -0.386. The van der Waals surface area contributed by atoms with Crippen molar-refractivity contribution in [3.05, 3.63) is 28.3 Å². The van der Waals surface area contributed by atoms with Gasteiger partial charge in [0.2, 0.25) is 10.0 Å². The van der Waals surface area contributed by atoms with E-state index >= 15 is 0 Å². The first kappa shape index (κ1) is 16.4. The summed E-state index contributed by atoms with van der Waals surface area (Å²) in [5, 5.41) is 13.9. The zero-order chi connectivity index (χ0) is 15.5. The number of nitrogens with zero attached hydrogens (tertiary/aromatic N) is 2. The zero-order valence-corrected chi connectivity index (χ0v) is 12.8. The molecule has 0 aliphatic rings. The number of nitro groups is 1. The smallest absolute Gasteiger partial charge is 0.312 e. The van der Waals surface area contributed by atoms with Gasteiger partial charge in [-0.05, 0) is 26.0 Å². The molecule has 0 amide bonds. The molecule has 1 rings (SSSR count). The molecule has 0 radical (unpaired) electrons. The summed E-state index contributed by atoms with van der Waals surface area (Å²) in [6, 6.07) is 3.95. The quantitative estimate of drug-likeness (QED) is 0.641. The molecular weight excluding hydrogens is 282 g/mol. The van der Waals surface area contributed by atoms with Crippen LogP contribution in [0.1, 0.15) is 20.8 Å². The molecular formula is C12H19N3O4S. The third-order valence-corrected chi connectivity index (χ3v) is 5.11. The maximum absolute atomic E-state index is 12.6. The van der Waals surface area contributed by atoms with Crippen LogP contribution in [-0.4, -0.2) is 37.3 Å². The van der Waals surface area contributed by atoms with Crippen molar-refractivity contribution in [1.82, 2.24) is 4.31 Å². The lowest BCUT2D eigenvalue weighted by Crippen LogP contribution is -2.37. The maximum atomic E-state index is 12.6. The molecule has 0 aliphatic heterocycles. The number of rotatable bonds is 6. The van der Waals surface area contributed by atoms with E-state index in [1.54, 1.807) is 20.8 Å². The lowest BCUT2D eigenvalue weighted by Gasteiger charge is -2.24. The van der Waals surface area contributed by atoms with Crippen molar-refractivity contribution < 1.29 is 13.3 Å². The van der Waals surface area contributed by atoms with E-state index in [-0.39, 0.29) is 23.2 Å². The van der Waals surface area contributed by atoms with Crippen LogP contribution in [0.2, 0.25) is 0 Å². The Morgan fingerprint density at radius 3 is 2.40 bits per heavy atom. The van der Waals surface area contributed by atoms with Gasteiger partial charge in [-0.25, -0.2) is 8.42 Å². The van der Waals surface area contributed by atoms with Crippen molar-refractivity contribution in [2.45, 2.75) is 31.7 Å². The van der Waals surface area contributed by atoms with Crippen LogP contribution in [0.5, 0.6) is 0 Å². The zero-order valence-electron chi connectivity index (χ0n) is 12.0. The third-order valence-electron chi connectivity index (χ3n) is 2.93. The van der Waals surface area contributed by atoms with Crippen LogP contribution >= 0.6 is 0 Å². The second-order valence-corrected chi connectivity index (χ2v) is 6.32. The first-order valence-electron chi connectivity index (χ1n) is 6.24. The monoisotopic (exact) mass is 301 g/mol.